The van der Waals surface area contributed by atoms with Gasteiger partial charge in [-0.05, 0) is 79.4 Å². The van der Waals surface area contributed by atoms with Crippen molar-refractivity contribution in [2.24, 2.45) is 17.8 Å². The molecule has 0 aromatic heterocycles. The lowest BCUT2D eigenvalue weighted by Gasteiger charge is -2.57. The fourth-order valence-electron chi connectivity index (χ4n) is 7.52. The van der Waals surface area contributed by atoms with Crippen molar-refractivity contribution >= 4 is 0 Å². The molecule has 4 saturated carbocycles. The quantitative estimate of drug-likeness (QED) is 0.470. The summed E-state index contributed by atoms with van der Waals surface area (Å²) in [6.45, 7) is 6.51. The zero-order chi connectivity index (χ0) is 20.6. The molecule has 5 heteroatoms. The molecule has 0 radical (unpaired) electrons. The van der Waals surface area contributed by atoms with E-state index in [2.05, 4.69) is 24.3 Å². The second-order valence-electron chi connectivity index (χ2n) is 10.9. The first kappa shape index (κ1) is 20.7. The summed E-state index contributed by atoms with van der Waals surface area (Å²) >= 11 is 0. The van der Waals surface area contributed by atoms with E-state index in [0.29, 0.717) is 12.0 Å². The Kier molecular flexibility index (Phi) is 6.07. The Bertz CT molecular complexity index is 664. The zero-order valence-corrected chi connectivity index (χ0v) is 18.3. The summed E-state index contributed by atoms with van der Waals surface area (Å²) in [6.07, 6.45) is 8.21. The van der Waals surface area contributed by atoms with Crippen molar-refractivity contribution in [3.63, 3.8) is 0 Å². The van der Waals surface area contributed by atoms with E-state index in [1.165, 1.54) is 53.9 Å². The number of ether oxygens (including phenoxy) is 1. The van der Waals surface area contributed by atoms with E-state index < -0.39 is 6.10 Å². The molecule has 0 unspecified atom stereocenters. The molecule has 1 saturated heterocycles. The van der Waals surface area contributed by atoms with E-state index in [9.17, 15) is 5.11 Å². The molecule has 5 nitrogen and oxygen atoms in total. The highest BCUT2D eigenvalue weighted by atomic mass is 16.5. The van der Waals surface area contributed by atoms with Crippen LogP contribution in [-0.2, 0) is 5.41 Å². The first-order valence-electron chi connectivity index (χ1n) is 12.3. The summed E-state index contributed by atoms with van der Waals surface area (Å²) in [4.78, 5) is 2.93. The van der Waals surface area contributed by atoms with Crippen LogP contribution in [0.5, 0.6) is 5.75 Å². The largest absolute Gasteiger partial charge is 0.491 e. The summed E-state index contributed by atoms with van der Waals surface area (Å²) in [5, 5.41) is 19.5. The van der Waals surface area contributed by atoms with Gasteiger partial charge in [-0.2, -0.15) is 0 Å². The van der Waals surface area contributed by atoms with E-state index in [0.717, 1.165) is 62.8 Å². The Balaban J connectivity index is 1.10. The van der Waals surface area contributed by atoms with Crippen LogP contribution in [0.15, 0.2) is 24.3 Å². The number of hydrogen-bond acceptors (Lipinski definition) is 3. The van der Waals surface area contributed by atoms with Crippen LogP contribution in [-0.4, -0.2) is 68.8 Å². The van der Waals surface area contributed by atoms with Crippen LogP contribution in [0.2, 0.25) is 0 Å². The number of piperazine rings is 1. The van der Waals surface area contributed by atoms with E-state index in [4.69, 9.17) is 9.84 Å². The molecular weight excluding hydrogens is 376 g/mol. The van der Waals surface area contributed by atoms with Crippen molar-refractivity contribution in [2.75, 3.05) is 52.5 Å². The van der Waals surface area contributed by atoms with E-state index >= 15 is 0 Å². The highest BCUT2D eigenvalue weighted by molar-refractivity contribution is 5.34. The number of aliphatic hydroxyl groups is 2. The lowest BCUT2D eigenvalue weighted by Crippen LogP contribution is -3.28. The van der Waals surface area contributed by atoms with Crippen molar-refractivity contribution in [1.29, 1.82) is 0 Å². The average molecular weight is 417 g/mol. The molecule has 4 bridgehead atoms. The van der Waals surface area contributed by atoms with Crippen molar-refractivity contribution in [3.8, 4) is 5.75 Å². The Morgan fingerprint density at radius 2 is 1.47 bits per heavy atom. The number of hydrogen-bond donors (Lipinski definition) is 4. The first-order chi connectivity index (χ1) is 14.6. The van der Waals surface area contributed by atoms with E-state index in [-0.39, 0.29) is 6.61 Å². The van der Waals surface area contributed by atoms with Gasteiger partial charge in [0.1, 0.15) is 57.7 Å². The number of nitrogens with one attached hydrogen (secondary N) is 2. The zero-order valence-electron chi connectivity index (χ0n) is 18.3. The molecule has 1 heterocycles. The summed E-state index contributed by atoms with van der Waals surface area (Å²) < 4.78 is 5.94. The fourth-order valence-corrected chi connectivity index (χ4v) is 7.52. The minimum atomic E-state index is -0.428. The Morgan fingerprint density at radius 1 is 0.900 bits per heavy atom. The van der Waals surface area contributed by atoms with Gasteiger partial charge < -0.3 is 24.7 Å². The van der Waals surface area contributed by atoms with E-state index in [1.54, 1.807) is 0 Å². The predicted octanol–water partition coefficient (Wildman–Crippen LogP) is -0.330. The minimum Gasteiger partial charge on any atom is -0.491 e. The molecule has 5 aliphatic rings. The third kappa shape index (κ3) is 4.40. The molecule has 0 amide bonds. The number of aliphatic hydroxyl groups excluding tert-OH is 2. The van der Waals surface area contributed by atoms with Crippen LogP contribution in [0.3, 0.4) is 0 Å². The highest BCUT2D eigenvalue weighted by Gasteiger charge is 2.51. The monoisotopic (exact) mass is 416 g/mol. The normalized spacial score (nSPS) is 38.5. The topological polar surface area (TPSA) is 58.6 Å². The Morgan fingerprint density at radius 3 is 2.03 bits per heavy atom. The van der Waals surface area contributed by atoms with Gasteiger partial charge in [0, 0.05) is 0 Å². The van der Waals surface area contributed by atoms with Crippen molar-refractivity contribution in [2.45, 2.75) is 50.0 Å². The standard InChI is InChI=1S/C25H38N2O3/c28-10-9-26-5-7-27(8-6-26)17-23(29)18-30-24-3-1-22(2-4-24)25-14-19-11-20(15-25)13-21(12-19)16-25/h1-4,19-21,23,28-29H,5-18H2/p+2/t19?,20?,21?,23-,25?/m0/s1. The van der Waals surface area contributed by atoms with Gasteiger partial charge in [-0.15, -0.1) is 0 Å². The molecule has 30 heavy (non-hydrogen) atoms. The molecule has 166 valence electrons. The van der Waals surface area contributed by atoms with Crippen molar-refractivity contribution < 1.29 is 24.7 Å². The molecule has 1 aromatic rings. The van der Waals surface area contributed by atoms with Crippen LogP contribution in [0.1, 0.15) is 44.1 Å². The van der Waals surface area contributed by atoms with Gasteiger partial charge in [-0.25, -0.2) is 0 Å². The molecular formula is C25H40N2O3+2. The molecule has 5 fully saturated rings. The number of rotatable bonds is 8. The summed E-state index contributed by atoms with van der Waals surface area (Å²) in [6, 6.07) is 8.88. The van der Waals surface area contributed by atoms with Gasteiger partial charge in [-0.3, -0.25) is 0 Å². The first-order valence-corrected chi connectivity index (χ1v) is 12.3. The summed E-state index contributed by atoms with van der Waals surface area (Å²) in [5.41, 5.74) is 1.97. The maximum absolute atomic E-state index is 10.4. The van der Waals surface area contributed by atoms with Crippen molar-refractivity contribution in [1.82, 2.24) is 0 Å². The average Bonchev–Trinajstić information content (AvgIpc) is 2.73. The lowest BCUT2D eigenvalue weighted by molar-refractivity contribution is -1.01. The molecule has 0 spiro atoms. The Hall–Kier alpha value is -1.14. The third-order valence-electron chi connectivity index (χ3n) is 8.60. The number of benzene rings is 1. The smallest absolute Gasteiger partial charge is 0.137 e. The summed E-state index contributed by atoms with van der Waals surface area (Å²) in [7, 11) is 0. The molecule has 4 N–H and O–H groups in total. The second-order valence-corrected chi connectivity index (χ2v) is 10.9. The molecule has 1 atom stereocenters. The molecule has 4 aliphatic carbocycles. The Labute approximate surface area is 181 Å². The van der Waals surface area contributed by atoms with E-state index in [1.807, 2.05) is 0 Å². The maximum Gasteiger partial charge on any atom is 0.137 e. The van der Waals surface area contributed by atoms with Gasteiger partial charge in [0.15, 0.2) is 0 Å². The maximum atomic E-state index is 10.4. The second kappa shape index (κ2) is 8.78. The van der Waals surface area contributed by atoms with Crippen LogP contribution in [0, 0.1) is 17.8 Å². The van der Waals surface area contributed by atoms with Gasteiger partial charge in [0.25, 0.3) is 0 Å². The molecule has 6 rings (SSSR count). The van der Waals surface area contributed by atoms with Crippen LogP contribution < -0.4 is 14.5 Å². The molecule has 1 aromatic carbocycles. The fraction of sp³-hybridized carbons (Fsp3) is 0.760. The number of quaternary nitrogens is 2. The van der Waals surface area contributed by atoms with Crippen molar-refractivity contribution in [3.05, 3.63) is 29.8 Å². The minimum absolute atomic E-state index is 0.267. The highest BCUT2D eigenvalue weighted by Crippen LogP contribution is 2.60. The van der Waals surface area contributed by atoms with Gasteiger partial charge >= 0.3 is 0 Å². The van der Waals surface area contributed by atoms with Crippen LogP contribution >= 0.6 is 0 Å². The van der Waals surface area contributed by atoms with Gasteiger partial charge in [-0.1, -0.05) is 12.1 Å². The third-order valence-corrected chi connectivity index (χ3v) is 8.60. The van der Waals surface area contributed by atoms with Crippen LogP contribution in [0.4, 0.5) is 0 Å². The SMILES string of the molecule is OCC[NH+]1CC[NH+](C[C@H](O)COc2ccc(C34CC5CC(CC(C5)C3)C4)cc2)CC1. The van der Waals surface area contributed by atoms with Crippen LogP contribution in [0.25, 0.3) is 0 Å². The summed E-state index contributed by atoms with van der Waals surface area (Å²) in [5.74, 6) is 3.79. The lowest BCUT2D eigenvalue weighted by atomic mass is 9.48. The molecule has 1 aliphatic heterocycles. The predicted molar refractivity (Wildman–Crippen MR) is 116 cm³/mol. The van der Waals surface area contributed by atoms with Gasteiger partial charge in [0.05, 0.1) is 6.61 Å². The van der Waals surface area contributed by atoms with Gasteiger partial charge in [0.2, 0.25) is 0 Å².